The van der Waals surface area contributed by atoms with Gasteiger partial charge in [-0.05, 0) is 48.8 Å². The summed E-state index contributed by atoms with van der Waals surface area (Å²) in [7, 11) is 3.39. The lowest BCUT2D eigenvalue weighted by Gasteiger charge is -2.37. The van der Waals surface area contributed by atoms with Crippen molar-refractivity contribution >= 4 is 17.5 Å². The van der Waals surface area contributed by atoms with Gasteiger partial charge in [-0.15, -0.1) is 0 Å². The molecule has 0 bridgehead atoms. The van der Waals surface area contributed by atoms with E-state index in [2.05, 4.69) is 0 Å². The Hall–Kier alpha value is -2.76. The second-order valence-corrected chi connectivity index (χ2v) is 10.1. The number of anilines is 1. The first-order valence-corrected chi connectivity index (χ1v) is 11.8. The fourth-order valence-electron chi connectivity index (χ4n) is 5.23. The molecule has 0 spiro atoms. The Bertz CT molecular complexity index is 946. The van der Waals surface area contributed by atoms with E-state index in [9.17, 15) is 22.8 Å². The molecule has 6 nitrogen and oxygen atoms in total. The zero-order chi connectivity index (χ0) is 25.2. The largest absolute Gasteiger partial charge is 0.417 e. The number of carbonyl (C=O) groups excluding carboxylic acids is 2. The van der Waals surface area contributed by atoms with Crippen molar-refractivity contribution in [1.82, 2.24) is 9.80 Å². The van der Waals surface area contributed by atoms with E-state index < -0.39 is 17.3 Å². The maximum atomic E-state index is 13.5. The average Bonchev–Trinajstić information content (AvgIpc) is 3.22. The first-order chi connectivity index (χ1) is 15.9. The van der Waals surface area contributed by atoms with Crippen LogP contribution in [0, 0.1) is 35.0 Å². The molecule has 34 heavy (non-hydrogen) atoms. The molecule has 3 rings (SSSR count). The summed E-state index contributed by atoms with van der Waals surface area (Å²) in [5, 5.41) is 9.09. The third-order valence-electron chi connectivity index (χ3n) is 7.00. The second kappa shape index (κ2) is 10.2. The van der Waals surface area contributed by atoms with Crippen molar-refractivity contribution in [3.8, 4) is 6.07 Å². The summed E-state index contributed by atoms with van der Waals surface area (Å²) in [6.07, 6.45) is -2.56. The summed E-state index contributed by atoms with van der Waals surface area (Å²) in [5.41, 5.74) is -0.996. The maximum absolute atomic E-state index is 13.5. The number of benzene rings is 1. The number of nitriles is 1. The molecule has 0 aromatic heterocycles. The van der Waals surface area contributed by atoms with Crippen LogP contribution in [-0.4, -0.2) is 61.9 Å². The maximum Gasteiger partial charge on any atom is 0.417 e. The SMILES string of the molecule is CC(C)CC(=O)N1CCC([C@@H]2CN(c3ccc(C#N)c(C(F)(F)F)c3)C[C@H]2C(=O)N(C)C)CC1. The van der Waals surface area contributed by atoms with Crippen molar-refractivity contribution in [1.29, 1.82) is 5.26 Å². The zero-order valence-corrected chi connectivity index (χ0v) is 20.2. The first-order valence-electron chi connectivity index (χ1n) is 11.8. The number of rotatable bonds is 5. The van der Waals surface area contributed by atoms with Crippen molar-refractivity contribution in [2.24, 2.45) is 23.7 Å². The van der Waals surface area contributed by atoms with E-state index in [1.807, 2.05) is 23.6 Å². The summed E-state index contributed by atoms with van der Waals surface area (Å²) >= 11 is 0. The molecule has 2 fully saturated rings. The van der Waals surface area contributed by atoms with E-state index in [0.717, 1.165) is 18.9 Å². The van der Waals surface area contributed by atoms with Crippen LogP contribution in [0.15, 0.2) is 18.2 Å². The smallest absolute Gasteiger partial charge is 0.370 e. The monoisotopic (exact) mass is 478 g/mol. The minimum absolute atomic E-state index is 0.0118. The lowest BCUT2D eigenvalue weighted by atomic mass is 9.78. The molecule has 0 N–H and O–H groups in total. The molecule has 2 heterocycles. The van der Waals surface area contributed by atoms with Gasteiger partial charge in [0.15, 0.2) is 0 Å². The Morgan fingerprint density at radius 2 is 1.82 bits per heavy atom. The number of alkyl halides is 3. The standard InChI is InChI=1S/C25H33F3N4O2/c1-16(2)11-23(33)31-9-7-17(8-10-31)20-14-32(15-21(20)24(34)30(3)4)19-6-5-18(13-29)22(12-19)25(26,27)28/h5-6,12,16-17,20-21H,7-11,14-15H2,1-4H3/t20-,21+/m0/s1. The van der Waals surface area contributed by atoms with Crippen LogP contribution in [0.4, 0.5) is 18.9 Å². The van der Waals surface area contributed by atoms with Gasteiger partial charge in [-0.1, -0.05) is 13.8 Å². The number of hydrogen-bond donors (Lipinski definition) is 0. The normalized spacial score (nSPS) is 21.6. The highest BCUT2D eigenvalue weighted by atomic mass is 19.4. The highest BCUT2D eigenvalue weighted by Crippen LogP contribution is 2.40. The van der Waals surface area contributed by atoms with E-state index in [1.165, 1.54) is 12.1 Å². The van der Waals surface area contributed by atoms with E-state index in [-0.39, 0.29) is 29.6 Å². The van der Waals surface area contributed by atoms with Gasteiger partial charge in [0.2, 0.25) is 11.8 Å². The minimum Gasteiger partial charge on any atom is -0.370 e. The van der Waals surface area contributed by atoms with Crippen LogP contribution in [0.3, 0.4) is 0 Å². The predicted molar refractivity (Wildman–Crippen MR) is 123 cm³/mol. The summed E-state index contributed by atoms with van der Waals surface area (Å²) in [4.78, 5) is 30.7. The quantitative estimate of drug-likeness (QED) is 0.642. The van der Waals surface area contributed by atoms with E-state index in [0.29, 0.717) is 44.2 Å². The van der Waals surface area contributed by atoms with Gasteiger partial charge in [-0.3, -0.25) is 9.59 Å². The van der Waals surface area contributed by atoms with Crippen LogP contribution in [0.25, 0.3) is 0 Å². The molecule has 2 aliphatic rings. The van der Waals surface area contributed by atoms with Gasteiger partial charge in [0.1, 0.15) is 0 Å². The molecule has 1 aromatic rings. The van der Waals surface area contributed by atoms with Crippen LogP contribution in [0.5, 0.6) is 0 Å². The van der Waals surface area contributed by atoms with E-state index >= 15 is 0 Å². The average molecular weight is 479 g/mol. The minimum atomic E-state index is -4.63. The molecule has 1 aromatic carbocycles. The first kappa shape index (κ1) is 25.9. The van der Waals surface area contributed by atoms with Gasteiger partial charge >= 0.3 is 6.18 Å². The van der Waals surface area contributed by atoms with Gasteiger partial charge in [-0.2, -0.15) is 18.4 Å². The van der Waals surface area contributed by atoms with Crippen LogP contribution < -0.4 is 4.90 Å². The highest BCUT2D eigenvalue weighted by molar-refractivity contribution is 5.80. The van der Waals surface area contributed by atoms with Crippen LogP contribution in [0.2, 0.25) is 0 Å². The molecule has 0 aliphatic carbocycles. The topological polar surface area (TPSA) is 67.6 Å². The zero-order valence-electron chi connectivity index (χ0n) is 20.2. The van der Waals surface area contributed by atoms with Crippen molar-refractivity contribution in [3.63, 3.8) is 0 Å². The van der Waals surface area contributed by atoms with Crippen molar-refractivity contribution in [2.45, 2.75) is 39.3 Å². The highest BCUT2D eigenvalue weighted by Gasteiger charge is 2.44. The van der Waals surface area contributed by atoms with Crippen LogP contribution in [-0.2, 0) is 15.8 Å². The third kappa shape index (κ3) is 5.65. The molecule has 186 valence electrons. The number of hydrogen-bond acceptors (Lipinski definition) is 4. The Morgan fingerprint density at radius 3 is 2.35 bits per heavy atom. The van der Waals surface area contributed by atoms with Gasteiger partial charge in [0.05, 0.1) is 23.1 Å². The van der Waals surface area contributed by atoms with Crippen molar-refractivity contribution in [3.05, 3.63) is 29.3 Å². The Morgan fingerprint density at radius 1 is 1.18 bits per heavy atom. The molecule has 9 heteroatoms. The number of likely N-dealkylation sites (tertiary alicyclic amines) is 1. The number of amides is 2. The number of halogens is 3. The number of carbonyl (C=O) groups is 2. The summed E-state index contributed by atoms with van der Waals surface area (Å²) < 4.78 is 40.5. The van der Waals surface area contributed by atoms with E-state index in [4.69, 9.17) is 5.26 Å². The fourth-order valence-corrected chi connectivity index (χ4v) is 5.23. The molecule has 0 saturated carbocycles. The molecular weight excluding hydrogens is 445 g/mol. The van der Waals surface area contributed by atoms with Gasteiger partial charge < -0.3 is 14.7 Å². The van der Waals surface area contributed by atoms with Crippen molar-refractivity contribution < 1.29 is 22.8 Å². The molecule has 2 saturated heterocycles. The van der Waals surface area contributed by atoms with Crippen molar-refractivity contribution in [2.75, 3.05) is 45.2 Å². The molecule has 2 atom stereocenters. The Balaban J connectivity index is 1.80. The van der Waals surface area contributed by atoms with Gasteiger partial charge in [0, 0.05) is 52.4 Å². The Kier molecular flexibility index (Phi) is 7.79. The fraction of sp³-hybridized carbons (Fsp3) is 0.640. The molecule has 2 aliphatic heterocycles. The molecule has 0 radical (unpaired) electrons. The molecular formula is C25H33F3N4O2. The van der Waals surface area contributed by atoms with Crippen LogP contribution in [0.1, 0.15) is 44.2 Å². The van der Waals surface area contributed by atoms with Gasteiger partial charge in [0.25, 0.3) is 0 Å². The number of piperidine rings is 1. The van der Waals surface area contributed by atoms with Crippen LogP contribution >= 0.6 is 0 Å². The van der Waals surface area contributed by atoms with E-state index in [1.54, 1.807) is 25.1 Å². The summed E-state index contributed by atoms with van der Waals surface area (Å²) in [6.45, 7) is 6.12. The third-order valence-corrected chi connectivity index (χ3v) is 7.00. The lowest BCUT2D eigenvalue weighted by Crippen LogP contribution is -2.43. The predicted octanol–water partition coefficient (Wildman–Crippen LogP) is 4.00. The second-order valence-electron chi connectivity index (χ2n) is 10.1. The molecule has 0 unspecified atom stereocenters. The van der Waals surface area contributed by atoms with Gasteiger partial charge in [-0.25, -0.2) is 0 Å². The summed E-state index contributed by atoms with van der Waals surface area (Å²) in [6, 6.07) is 5.36. The number of nitrogens with zero attached hydrogens (tertiary/aromatic N) is 4. The lowest BCUT2D eigenvalue weighted by molar-refractivity contribution is -0.138. The Labute approximate surface area is 199 Å². The summed E-state index contributed by atoms with van der Waals surface area (Å²) in [5.74, 6) is 0.285. The molecule has 2 amide bonds.